The maximum Gasteiger partial charge on any atom is 0.0945 e. The van der Waals surface area contributed by atoms with Crippen LogP contribution in [0.3, 0.4) is 0 Å². The lowest BCUT2D eigenvalue weighted by Gasteiger charge is -2.14. The number of halogens is 1. The van der Waals surface area contributed by atoms with Crippen LogP contribution in [0, 0.1) is 6.92 Å². The van der Waals surface area contributed by atoms with Crippen LogP contribution in [0.25, 0.3) is 0 Å². The number of anilines is 1. The van der Waals surface area contributed by atoms with Gasteiger partial charge in [-0.2, -0.15) is 0 Å². The molecule has 0 amide bonds. The molecule has 0 spiro atoms. The van der Waals surface area contributed by atoms with Crippen LogP contribution in [0.15, 0.2) is 18.2 Å². The average Bonchev–Trinajstić information content (AvgIpc) is 2.36. The van der Waals surface area contributed by atoms with Crippen molar-refractivity contribution in [2.45, 2.75) is 13.0 Å². The first-order chi connectivity index (χ1) is 8.63. The molecule has 0 fully saturated rings. The van der Waals surface area contributed by atoms with Crippen LogP contribution in [0.1, 0.15) is 5.56 Å². The van der Waals surface area contributed by atoms with Crippen LogP contribution in [0.4, 0.5) is 5.69 Å². The summed E-state index contributed by atoms with van der Waals surface area (Å²) in [6.45, 7) is 3.68. The zero-order chi connectivity index (χ0) is 13.4. The molecule has 18 heavy (non-hydrogen) atoms. The van der Waals surface area contributed by atoms with Crippen molar-refractivity contribution in [3.63, 3.8) is 0 Å². The highest BCUT2D eigenvalue weighted by Crippen LogP contribution is 2.22. The van der Waals surface area contributed by atoms with Gasteiger partial charge in [0.25, 0.3) is 0 Å². The van der Waals surface area contributed by atoms with E-state index in [1.54, 1.807) is 7.11 Å². The fourth-order valence-corrected chi connectivity index (χ4v) is 1.61. The van der Waals surface area contributed by atoms with Crippen molar-refractivity contribution in [2.24, 2.45) is 0 Å². The second-order valence-electron chi connectivity index (χ2n) is 4.09. The SMILES string of the molecule is COCCOCC(O)CNc1cc(C)ccc1Cl. The van der Waals surface area contributed by atoms with E-state index in [-0.39, 0.29) is 6.61 Å². The summed E-state index contributed by atoms with van der Waals surface area (Å²) in [7, 11) is 1.61. The Kier molecular flexibility index (Phi) is 7.05. The lowest BCUT2D eigenvalue weighted by molar-refractivity contribution is 0.0182. The lowest BCUT2D eigenvalue weighted by atomic mass is 10.2. The molecule has 4 nitrogen and oxygen atoms in total. The molecule has 0 aromatic heterocycles. The van der Waals surface area contributed by atoms with Crippen LogP contribution < -0.4 is 5.32 Å². The van der Waals surface area contributed by atoms with Gasteiger partial charge in [0.2, 0.25) is 0 Å². The van der Waals surface area contributed by atoms with E-state index >= 15 is 0 Å². The molecule has 1 atom stereocenters. The summed E-state index contributed by atoms with van der Waals surface area (Å²) in [4.78, 5) is 0. The van der Waals surface area contributed by atoms with E-state index in [1.165, 1.54) is 0 Å². The van der Waals surface area contributed by atoms with Crippen LogP contribution >= 0.6 is 11.6 Å². The van der Waals surface area contributed by atoms with Gasteiger partial charge in [-0.25, -0.2) is 0 Å². The molecular weight excluding hydrogens is 254 g/mol. The van der Waals surface area contributed by atoms with E-state index in [4.69, 9.17) is 21.1 Å². The van der Waals surface area contributed by atoms with Crippen molar-refractivity contribution in [1.29, 1.82) is 0 Å². The molecule has 1 aromatic carbocycles. The molecule has 0 aliphatic rings. The molecule has 0 saturated carbocycles. The largest absolute Gasteiger partial charge is 0.389 e. The van der Waals surface area contributed by atoms with Gasteiger partial charge >= 0.3 is 0 Å². The molecular formula is C13H20ClNO3. The number of ether oxygens (including phenoxy) is 2. The molecule has 1 rings (SSSR count). The monoisotopic (exact) mass is 273 g/mol. The topological polar surface area (TPSA) is 50.7 Å². The third-order valence-electron chi connectivity index (χ3n) is 2.39. The maximum absolute atomic E-state index is 9.70. The van der Waals surface area contributed by atoms with Crippen molar-refractivity contribution < 1.29 is 14.6 Å². The molecule has 0 radical (unpaired) electrons. The number of rotatable bonds is 8. The van der Waals surface area contributed by atoms with Gasteiger partial charge in [0.15, 0.2) is 0 Å². The number of benzene rings is 1. The molecule has 0 bridgehead atoms. The second kappa shape index (κ2) is 8.32. The zero-order valence-electron chi connectivity index (χ0n) is 10.8. The van der Waals surface area contributed by atoms with E-state index < -0.39 is 6.10 Å². The van der Waals surface area contributed by atoms with E-state index in [9.17, 15) is 5.11 Å². The predicted octanol–water partition coefficient (Wildman–Crippen LogP) is 2.08. The predicted molar refractivity (Wildman–Crippen MR) is 73.4 cm³/mol. The zero-order valence-corrected chi connectivity index (χ0v) is 11.5. The summed E-state index contributed by atoms with van der Waals surface area (Å²) >= 11 is 6.03. The normalized spacial score (nSPS) is 12.4. The van der Waals surface area contributed by atoms with Gasteiger partial charge in [-0.3, -0.25) is 0 Å². The molecule has 1 unspecified atom stereocenters. The third-order valence-corrected chi connectivity index (χ3v) is 2.72. The Labute approximate surface area is 113 Å². The van der Waals surface area contributed by atoms with Crippen LogP contribution in [-0.4, -0.2) is 44.7 Å². The number of methoxy groups -OCH3 is 1. The van der Waals surface area contributed by atoms with Crippen molar-refractivity contribution in [1.82, 2.24) is 0 Å². The minimum Gasteiger partial charge on any atom is -0.389 e. The smallest absolute Gasteiger partial charge is 0.0945 e. The van der Waals surface area contributed by atoms with Gasteiger partial charge in [0.05, 0.1) is 36.6 Å². The Bertz CT molecular complexity index is 360. The van der Waals surface area contributed by atoms with E-state index in [0.717, 1.165) is 11.3 Å². The Morgan fingerprint density at radius 1 is 1.39 bits per heavy atom. The average molecular weight is 274 g/mol. The van der Waals surface area contributed by atoms with Gasteiger partial charge in [-0.1, -0.05) is 17.7 Å². The Hall–Kier alpha value is -0.810. The lowest BCUT2D eigenvalue weighted by Crippen LogP contribution is -2.25. The summed E-state index contributed by atoms with van der Waals surface area (Å²) in [6, 6.07) is 5.72. The number of aliphatic hydroxyl groups excluding tert-OH is 1. The van der Waals surface area contributed by atoms with Crippen molar-refractivity contribution >= 4 is 17.3 Å². The van der Waals surface area contributed by atoms with Gasteiger partial charge < -0.3 is 19.9 Å². The fourth-order valence-electron chi connectivity index (χ4n) is 1.42. The van der Waals surface area contributed by atoms with Crippen LogP contribution in [-0.2, 0) is 9.47 Å². The highest BCUT2D eigenvalue weighted by molar-refractivity contribution is 6.33. The Morgan fingerprint density at radius 2 is 2.17 bits per heavy atom. The third kappa shape index (κ3) is 5.69. The Morgan fingerprint density at radius 3 is 2.89 bits per heavy atom. The summed E-state index contributed by atoms with van der Waals surface area (Å²) in [6.07, 6.45) is -0.571. The first kappa shape index (κ1) is 15.2. The number of aliphatic hydroxyl groups is 1. The summed E-state index contributed by atoms with van der Waals surface area (Å²) < 4.78 is 10.1. The highest BCUT2D eigenvalue weighted by atomic mass is 35.5. The molecule has 0 saturated heterocycles. The van der Waals surface area contributed by atoms with E-state index in [0.29, 0.717) is 24.8 Å². The summed E-state index contributed by atoms with van der Waals surface area (Å²) in [5.74, 6) is 0. The van der Waals surface area contributed by atoms with Gasteiger partial charge in [-0.15, -0.1) is 0 Å². The summed E-state index contributed by atoms with van der Waals surface area (Å²) in [5, 5.41) is 13.4. The minimum absolute atomic E-state index is 0.278. The molecule has 2 N–H and O–H groups in total. The number of aryl methyl sites for hydroxylation is 1. The molecule has 0 aliphatic heterocycles. The maximum atomic E-state index is 9.70. The fraction of sp³-hybridized carbons (Fsp3) is 0.538. The van der Waals surface area contributed by atoms with E-state index in [1.807, 2.05) is 25.1 Å². The molecule has 1 aromatic rings. The number of hydrogen-bond acceptors (Lipinski definition) is 4. The number of nitrogens with one attached hydrogen (secondary N) is 1. The first-order valence-electron chi connectivity index (χ1n) is 5.88. The van der Waals surface area contributed by atoms with Gasteiger partial charge in [0.1, 0.15) is 0 Å². The van der Waals surface area contributed by atoms with Crippen LogP contribution in [0.5, 0.6) is 0 Å². The van der Waals surface area contributed by atoms with Crippen molar-refractivity contribution in [3.05, 3.63) is 28.8 Å². The van der Waals surface area contributed by atoms with E-state index in [2.05, 4.69) is 5.32 Å². The summed E-state index contributed by atoms with van der Waals surface area (Å²) in [5.41, 5.74) is 1.94. The highest BCUT2D eigenvalue weighted by Gasteiger charge is 2.06. The standard InChI is InChI=1S/C13H20ClNO3/c1-10-3-4-12(14)13(7-10)15-8-11(16)9-18-6-5-17-2/h3-4,7,11,15-16H,5-6,8-9H2,1-2H3. The quantitative estimate of drug-likeness (QED) is 0.712. The Balaban J connectivity index is 2.29. The molecule has 5 heteroatoms. The molecule has 0 heterocycles. The van der Waals surface area contributed by atoms with Crippen molar-refractivity contribution in [3.8, 4) is 0 Å². The van der Waals surface area contributed by atoms with Gasteiger partial charge in [-0.05, 0) is 24.6 Å². The van der Waals surface area contributed by atoms with Crippen LogP contribution in [0.2, 0.25) is 5.02 Å². The first-order valence-corrected chi connectivity index (χ1v) is 6.26. The molecule has 0 aliphatic carbocycles. The second-order valence-corrected chi connectivity index (χ2v) is 4.49. The van der Waals surface area contributed by atoms with Gasteiger partial charge in [0, 0.05) is 13.7 Å². The molecule has 102 valence electrons. The van der Waals surface area contributed by atoms with Crippen molar-refractivity contribution in [2.75, 3.05) is 38.8 Å². The number of hydrogen-bond donors (Lipinski definition) is 2. The minimum atomic E-state index is -0.571.